The molecule has 3 aromatic heterocycles. The summed E-state index contributed by atoms with van der Waals surface area (Å²) >= 11 is 6.23. The van der Waals surface area contributed by atoms with Crippen molar-refractivity contribution in [2.75, 3.05) is 33.3 Å². The van der Waals surface area contributed by atoms with Crippen LogP contribution in [0.3, 0.4) is 0 Å². The summed E-state index contributed by atoms with van der Waals surface area (Å²) in [5, 5.41) is 9.42. The van der Waals surface area contributed by atoms with E-state index in [-0.39, 0.29) is 23.8 Å². The molecule has 2 amide bonds. The van der Waals surface area contributed by atoms with Crippen LogP contribution in [0, 0.1) is 5.92 Å². The highest BCUT2D eigenvalue weighted by molar-refractivity contribution is 6.34. The molecule has 0 unspecified atom stereocenters. The molecular weight excluding hydrogens is 444 g/mol. The van der Waals surface area contributed by atoms with Crippen molar-refractivity contribution < 1.29 is 14.3 Å². The number of halogens is 1. The third kappa shape index (κ3) is 3.86. The molecule has 0 saturated carbocycles. The average molecular weight is 469 g/mol. The smallest absolute Gasteiger partial charge is 0.246 e. The van der Waals surface area contributed by atoms with E-state index in [1.165, 1.54) is 6.08 Å². The first-order valence-electron chi connectivity index (χ1n) is 10.9. The van der Waals surface area contributed by atoms with Gasteiger partial charge in [0.1, 0.15) is 11.3 Å². The lowest BCUT2D eigenvalue weighted by Gasteiger charge is -2.41. The van der Waals surface area contributed by atoms with E-state index in [4.69, 9.17) is 16.3 Å². The van der Waals surface area contributed by atoms with Crippen LogP contribution >= 0.6 is 11.6 Å². The van der Waals surface area contributed by atoms with Crippen LogP contribution in [0.5, 0.6) is 5.75 Å². The minimum absolute atomic E-state index is 0.0950. The number of ether oxygens (including phenoxy) is 1. The topological polar surface area (TPSA) is 85.0 Å². The van der Waals surface area contributed by atoms with Gasteiger partial charge < -0.3 is 14.5 Å². The molecule has 2 aliphatic rings. The zero-order valence-corrected chi connectivity index (χ0v) is 19.1. The number of fused-ring (bicyclic) bond motifs is 1. The molecule has 0 aromatic carbocycles. The summed E-state index contributed by atoms with van der Waals surface area (Å²) in [5.74, 6) is 0.585. The molecule has 10 heteroatoms. The molecule has 9 nitrogen and oxygen atoms in total. The number of amides is 2. The third-order valence-corrected chi connectivity index (χ3v) is 6.83. The number of nitrogens with zero attached hydrogens (tertiary/aromatic N) is 6. The van der Waals surface area contributed by atoms with Crippen LogP contribution in [-0.4, -0.2) is 74.3 Å². The summed E-state index contributed by atoms with van der Waals surface area (Å²) in [4.78, 5) is 27.9. The van der Waals surface area contributed by atoms with E-state index in [2.05, 4.69) is 16.8 Å². The molecule has 33 heavy (non-hydrogen) atoms. The van der Waals surface area contributed by atoms with Crippen LogP contribution < -0.4 is 4.74 Å². The summed E-state index contributed by atoms with van der Waals surface area (Å²) in [6, 6.07) is 2.16. The monoisotopic (exact) mass is 468 g/mol. The number of pyridine rings is 1. The van der Waals surface area contributed by atoms with Gasteiger partial charge in [0.2, 0.25) is 11.8 Å². The Morgan fingerprint density at radius 2 is 1.88 bits per heavy atom. The predicted molar refractivity (Wildman–Crippen MR) is 123 cm³/mol. The Balaban J connectivity index is 1.23. The predicted octanol–water partition coefficient (Wildman–Crippen LogP) is 2.67. The van der Waals surface area contributed by atoms with Crippen molar-refractivity contribution in [3.05, 3.63) is 48.5 Å². The summed E-state index contributed by atoms with van der Waals surface area (Å²) in [6.07, 6.45) is 10.3. The van der Waals surface area contributed by atoms with E-state index in [0.29, 0.717) is 37.0 Å². The molecule has 0 radical (unpaired) electrons. The van der Waals surface area contributed by atoms with Gasteiger partial charge in [-0.05, 0) is 25.0 Å². The molecule has 2 saturated heterocycles. The number of hydrogen-bond donors (Lipinski definition) is 0. The van der Waals surface area contributed by atoms with Gasteiger partial charge in [-0.2, -0.15) is 10.2 Å². The van der Waals surface area contributed by atoms with Gasteiger partial charge in [-0.3, -0.25) is 14.3 Å². The highest BCUT2D eigenvalue weighted by atomic mass is 35.5. The van der Waals surface area contributed by atoms with E-state index < -0.39 is 0 Å². The molecule has 5 rings (SSSR count). The molecule has 3 aromatic rings. The molecule has 0 aliphatic carbocycles. The lowest BCUT2D eigenvalue weighted by molar-refractivity contribution is -0.147. The first kappa shape index (κ1) is 21.5. The molecule has 0 bridgehead atoms. The Bertz CT molecular complexity index is 1220. The normalized spacial score (nSPS) is 17.3. The molecule has 0 spiro atoms. The van der Waals surface area contributed by atoms with Crippen molar-refractivity contribution in [3.8, 4) is 16.9 Å². The van der Waals surface area contributed by atoms with Crippen molar-refractivity contribution in [1.82, 2.24) is 29.2 Å². The van der Waals surface area contributed by atoms with Crippen LogP contribution in [-0.2, 0) is 9.59 Å². The summed E-state index contributed by atoms with van der Waals surface area (Å²) in [6.45, 7) is 5.85. The van der Waals surface area contributed by atoms with Crippen molar-refractivity contribution in [2.24, 2.45) is 5.92 Å². The minimum Gasteiger partial charge on any atom is -0.494 e. The Hall–Kier alpha value is -3.33. The minimum atomic E-state index is -0.111. The van der Waals surface area contributed by atoms with Gasteiger partial charge in [-0.1, -0.05) is 18.2 Å². The molecule has 2 fully saturated rings. The van der Waals surface area contributed by atoms with Crippen LogP contribution in [0.4, 0.5) is 0 Å². The SMILES string of the molecule is C=CC(=O)N1CC(C(=O)N2CCC(n3cc(-c4cc(OC)c5c(Cl)cnn5c4)cn3)CC2)C1. The zero-order chi connectivity index (χ0) is 23.1. The van der Waals surface area contributed by atoms with Crippen molar-refractivity contribution in [2.45, 2.75) is 18.9 Å². The van der Waals surface area contributed by atoms with Crippen LogP contribution in [0.1, 0.15) is 18.9 Å². The highest BCUT2D eigenvalue weighted by Crippen LogP contribution is 2.33. The molecular formula is C23H25ClN6O3. The fourth-order valence-electron chi connectivity index (χ4n) is 4.60. The standard InChI is InChI=1S/C23H25ClN6O3/c1-3-21(31)28-11-17(12-28)23(32)27-6-4-18(5-7-27)29-14-16(9-25-29)15-8-20(33-2)22-19(24)10-26-30(22)13-15/h3,8-10,13-14,17-18H,1,4-7,11-12H2,2H3. The lowest BCUT2D eigenvalue weighted by atomic mass is 9.96. The van der Waals surface area contributed by atoms with E-state index in [9.17, 15) is 9.59 Å². The first-order chi connectivity index (χ1) is 16.0. The number of methoxy groups -OCH3 is 1. The molecule has 2 aliphatic heterocycles. The van der Waals surface area contributed by atoms with Gasteiger partial charge in [-0.25, -0.2) is 4.52 Å². The highest BCUT2D eigenvalue weighted by Gasteiger charge is 2.38. The van der Waals surface area contributed by atoms with E-state index in [1.54, 1.807) is 22.7 Å². The molecule has 0 atom stereocenters. The van der Waals surface area contributed by atoms with E-state index in [1.807, 2.05) is 34.2 Å². The zero-order valence-electron chi connectivity index (χ0n) is 18.4. The largest absolute Gasteiger partial charge is 0.494 e. The second-order valence-electron chi connectivity index (χ2n) is 8.49. The number of piperidine rings is 1. The summed E-state index contributed by atoms with van der Waals surface area (Å²) in [7, 11) is 1.61. The number of hydrogen-bond acceptors (Lipinski definition) is 5. The maximum Gasteiger partial charge on any atom is 0.246 e. The number of carbonyl (C=O) groups is 2. The number of likely N-dealkylation sites (tertiary alicyclic amines) is 2. The van der Waals surface area contributed by atoms with Gasteiger partial charge in [0.15, 0.2) is 0 Å². The second kappa shape index (κ2) is 8.55. The lowest BCUT2D eigenvalue weighted by Crippen LogP contribution is -2.57. The van der Waals surface area contributed by atoms with Gasteiger partial charge in [0.05, 0.1) is 36.5 Å². The average Bonchev–Trinajstić information content (AvgIpc) is 3.45. The molecule has 172 valence electrons. The first-order valence-corrected chi connectivity index (χ1v) is 11.3. The fourth-order valence-corrected chi connectivity index (χ4v) is 4.82. The Labute approximate surface area is 196 Å². The Morgan fingerprint density at radius 3 is 2.58 bits per heavy atom. The van der Waals surface area contributed by atoms with Gasteiger partial charge in [0, 0.05) is 49.7 Å². The Kier molecular flexibility index (Phi) is 5.57. The maximum atomic E-state index is 12.7. The summed E-state index contributed by atoms with van der Waals surface area (Å²) in [5.41, 5.74) is 2.62. The number of carbonyl (C=O) groups excluding carboxylic acids is 2. The molecule has 0 N–H and O–H groups in total. The van der Waals surface area contributed by atoms with Crippen molar-refractivity contribution >= 4 is 28.9 Å². The van der Waals surface area contributed by atoms with Gasteiger partial charge in [0.25, 0.3) is 0 Å². The van der Waals surface area contributed by atoms with Gasteiger partial charge >= 0.3 is 0 Å². The second-order valence-corrected chi connectivity index (χ2v) is 8.90. The summed E-state index contributed by atoms with van der Waals surface area (Å²) < 4.78 is 9.20. The van der Waals surface area contributed by atoms with Crippen molar-refractivity contribution in [3.63, 3.8) is 0 Å². The molecule has 5 heterocycles. The van der Waals surface area contributed by atoms with Crippen LogP contribution in [0.2, 0.25) is 5.02 Å². The maximum absolute atomic E-state index is 12.7. The fraction of sp³-hybridized carbons (Fsp3) is 0.391. The Morgan fingerprint density at radius 1 is 1.12 bits per heavy atom. The third-order valence-electron chi connectivity index (χ3n) is 6.55. The van der Waals surface area contributed by atoms with Crippen LogP contribution in [0.25, 0.3) is 16.6 Å². The quantitative estimate of drug-likeness (QED) is 0.537. The van der Waals surface area contributed by atoms with E-state index >= 15 is 0 Å². The number of rotatable bonds is 5. The van der Waals surface area contributed by atoms with Gasteiger partial charge in [-0.15, -0.1) is 0 Å². The van der Waals surface area contributed by atoms with Crippen molar-refractivity contribution in [1.29, 1.82) is 0 Å². The van der Waals surface area contributed by atoms with E-state index in [0.717, 1.165) is 29.5 Å². The van der Waals surface area contributed by atoms with Crippen LogP contribution in [0.15, 0.2) is 43.5 Å². The number of aromatic nitrogens is 4.